The fourth-order valence-corrected chi connectivity index (χ4v) is 2.59. The molecular formula is C13H12N2O5S. The molecule has 0 fully saturated rings. The topological polar surface area (TPSA) is 106 Å². The molecular weight excluding hydrogens is 296 g/mol. The maximum absolute atomic E-state index is 12.1. The highest BCUT2D eigenvalue weighted by Crippen LogP contribution is 2.18. The summed E-state index contributed by atoms with van der Waals surface area (Å²) >= 11 is 0. The molecule has 1 heterocycles. The van der Waals surface area contributed by atoms with Crippen molar-refractivity contribution >= 4 is 21.7 Å². The predicted molar refractivity (Wildman–Crippen MR) is 75.0 cm³/mol. The van der Waals surface area contributed by atoms with E-state index < -0.39 is 16.0 Å². The number of methoxy groups -OCH3 is 1. The van der Waals surface area contributed by atoms with Crippen LogP contribution >= 0.6 is 0 Å². The minimum atomic E-state index is -3.76. The zero-order valence-electron chi connectivity index (χ0n) is 11.0. The molecule has 0 saturated heterocycles. The molecule has 0 aliphatic carbocycles. The van der Waals surface area contributed by atoms with E-state index >= 15 is 0 Å². The van der Waals surface area contributed by atoms with E-state index in [1.807, 2.05) is 0 Å². The Kier molecular flexibility index (Phi) is 4.08. The molecule has 0 spiro atoms. The Labute approximate surface area is 121 Å². The number of rotatable bonds is 5. The lowest BCUT2D eigenvalue weighted by molar-refractivity contribution is 0.0690. The van der Waals surface area contributed by atoms with Gasteiger partial charge in [-0.2, -0.15) is 0 Å². The highest BCUT2D eigenvalue weighted by atomic mass is 32.2. The molecule has 0 unspecified atom stereocenters. The van der Waals surface area contributed by atoms with Crippen LogP contribution in [0.3, 0.4) is 0 Å². The third kappa shape index (κ3) is 3.48. The number of aromatic carboxylic acids is 1. The first-order valence-corrected chi connectivity index (χ1v) is 7.27. The van der Waals surface area contributed by atoms with Crippen molar-refractivity contribution in [2.45, 2.75) is 4.90 Å². The summed E-state index contributed by atoms with van der Waals surface area (Å²) < 4.78 is 31.5. The van der Waals surface area contributed by atoms with Gasteiger partial charge in [0.05, 0.1) is 23.9 Å². The van der Waals surface area contributed by atoms with E-state index in [0.717, 1.165) is 6.20 Å². The van der Waals surface area contributed by atoms with Crippen LogP contribution in [0.25, 0.3) is 0 Å². The third-order valence-electron chi connectivity index (χ3n) is 2.60. The van der Waals surface area contributed by atoms with Gasteiger partial charge in [-0.15, -0.1) is 0 Å². The molecule has 0 radical (unpaired) electrons. The van der Waals surface area contributed by atoms with Crippen molar-refractivity contribution in [2.24, 2.45) is 0 Å². The van der Waals surface area contributed by atoms with Crippen molar-refractivity contribution in [3.63, 3.8) is 0 Å². The number of carboxylic acid groups (broad SMARTS) is 1. The summed E-state index contributed by atoms with van der Waals surface area (Å²) in [5, 5.41) is 8.72. The van der Waals surface area contributed by atoms with Crippen LogP contribution in [0.5, 0.6) is 5.75 Å². The first-order chi connectivity index (χ1) is 9.92. The Morgan fingerprint density at radius 3 is 2.33 bits per heavy atom. The fourth-order valence-electron chi connectivity index (χ4n) is 1.55. The second kappa shape index (κ2) is 5.80. The molecule has 0 atom stereocenters. The number of hydrogen-bond acceptors (Lipinski definition) is 5. The number of nitrogens with one attached hydrogen (secondary N) is 1. The lowest BCUT2D eigenvalue weighted by Crippen LogP contribution is -2.13. The summed E-state index contributed by atoms with van der Waals surface area (Å²) in [6, 6.07) is 8.41. The molecule has 2 rings (SSSR count). The molecule has 2 aromatic rings. The van der Waals surface area contributed by atoms with Crippen LogP contribution in [0.15, 0.2) is 47.5 Å². The second-order valence-electron chi connectivity index (χ2n) is 4.02. The van der Waals surface area contributed by atoms with E-state index in [1.54, 1.807) is 0 Å². The number of benzene rings is 1. The molecule has 8 heteroatoms. The Morgan fingerprint density at radius 2 is 1.86 bits per heavy atom. The van der Waals surface area contributed by atoms with Gasteiger partial charge in [-0.25, -0.2) is 18.2 Å². The average Bonchev–Trinajstić information content (AvgIpc) is 2.47. The van der Waals surface area contributed by atoms with Crippen molar-refractivity contribution in [2.75, 3.05) is 11.8 Å². The number of sulfonamides is 1. The molecule has 21 heavy (non-hydrogen) atoms. The van der Waals surface area contributed by atoms with Gasteiger partial charge in [0.1, 0.15) is 11.4 Å². The van der Waals surface area contributed by atoms with Crippen molar-refractivity contribution in [1.82, 2.24) is 4.98 Å². The van der Waals surface area contributed by atoms with Crippen LogP contribution in [-0.2, 0) is 10.0 Å². The zero-order valence-corrected chi connectivity index (χ0v) is 11.8. The molecule has 0 aliphatic heterocycles. The van der Waals surface area contributed by atoms with Crippen LogP contribution in [0.4, 0.5) is 5.69 Å². The van der Waals surface area contributed by atoms with Crippen LogP contribution < -0.4 is 9.46 Å². The molecule has 0 amide bonds. The predicted octanol–water partition coefficient (Wildman–Crippen LogP) is 1.59. The molecule has 1 aromatic heterocycles. The normalized spacial score (nSPS) is 10.9. The van der Waals surface area contributed by atoms with E-state index in [0.29, 0.717) is 5.75 Å². The standard InChI is InChI=1S/C13H12N2O5S/c1-20-10-3-5-11(6-4-10)21(18,19)15-9-2-7-12(13(16)17)14-8-9/h2-8,15H,1H3,(H,16,17). The number of pyridine rings is 1. The van der Waals surface area contributed by atoms with Gasteiger partial charge in [0.15, 0.2) is 0 Å². The third-order valence-corrected chi connectivity index (χ3v) is 4.00. The van der Waals surface area contributed by atoms with Gasteiger partial charge in [-0.1, -0.05) is 0 Å². The van der Waals surface area contributed by atoms with Crippen LogP contribution in [0.2, 0.25) is 0 Å². The summed E-state index contributed by atoms with van der Waals surface area (Å²) in [6.45, 7) is 0. The first kappa shape index (κ1) is 14.8. The molecule has 110 valence electrons. The van der Waals surface area contributed by atoms with E-state index in [1.165, 1.54) is 43.5 Å². The minimum Gasteiger partial charge on any atom is -0.497 e. The summed E-state index contributed by atoms with van der Waals surface area (Å²) in [4.78, 5) is 14.4. The summed E-state index contributed by atoms with van der Waals surface area (Å²) in [5.41, 5.74) is 0.0122. The average molecular weight is 308 g/mol. The lowest BCUT2D eigenvalue weighted by Gasteiger charge is -2.08. The van der Waals surface area contributed by atoms with E-state index in [4.69, 9.17) is 9.84 Å². The Morgan fingerprint density at radius 1 is 1.19 bits per heavy atom. The maximum Gasteiger partial charge on any atom is 0.354 e. The number of carbonyl (C=O) groups is 1. The highest BCUT2D eigenvalue weighted by Gasteiger charge is 2.14. The summed E-state index contributed by atoms with van der Waals surface area (Å²) in [7, 11) is -2.28. The number of aromatic nitrogens is 1. The van der Waals surface area contributed by atoms with Gasteiger partial charge >= 0.3 is 5.97 Å². The molecule has 0 saturated carbocycles. The number of nitrogens with zero attached hydrogens (tertiary/aromatic N) is 1. The fraction of sp³-hybridized carbons (Fsp3) is 0.0769. The Hall–Kier alpha value is -2.61. The Bertz CT molecular complexity index is 739. The van der Waals surface area contributed by atoms with E-state index in [2.05, 4.69) is 9.71 Å². The largest absolute Gasteiger partial charge is 0.497 e. The SMILES string of the molecule is COc1ccc(S(=O)(=O)Nc2ccc(C(=O)O)nc2)cc1. The number of ether oxygens (including phenoxy) is 1. The van der Waals surface area contributed by atoms with Crippen LogP contribution in [-0.4, -0.2) is 31.6 Å². The van der Waals surface area contributed by atoms with E-state index in [-0.39, 0.29) is 16.3 Å². The monoisotopic (exact) mass is 308 g/mol. The number of hydrogen-bond donors (Lipinski definition) is 2. The van der Waals surface area contributed by atoms with Crippen molar-refractivity contribution in [3.05, 3.63) is 48.3 Å². The van der Waals surface area contributed by atoms with Crippen LogP contribution in [0.1, 0.15) is 10.5 Å². The first-order valence-electron chi connectivity index (χ1n) is 5.78. The quantitative estimate of drug-likeness (QED) is 0.869. The zero-order chi connectivity index (χ0) is 15.5. The number of anilines is 1. The number of carboxylic acids is 1. The second-order valence-corrected chi connectivity index (χ2v) is 5.70. The van der Waals surface area contributed by atoms with Crippen LogP contribution in [0, 0.1) is 0 Å². The van der Waals surface area contributed by atoms with Gasteiger partial charge < -0.3 is 9.84 Å². The molecule has 0 aliphatic rings. The summed E-state index contributed by atoms with van der Waals surface area (Å²) in [5.74, 6) is -0.638. The van der Waals surface area contributed by atoms with Gasteiger partial charge in [0.2, 0.25) is 0 Å². The molecule has 1 aromatic carbocycles. The molecule has 2 N–H and O–H groups in total. The van der Waals surface area contributed by atoms with E-state index in [9.17, 15) is 13.2 Å². The highest BCUT2D eigenvalue weighted by molar-refractivity contribution is 7.92. The van der Waals surface area contributed by atoms with Crippen molar-refractivity contribution in [3.8, 4) is 5.75 Å². The van der Waals surface area contributed by atoms with Gasteiger partial charge in [0, 0.05) is 0 Å². The van der Waals surface area contributed by atoms with Gasteiger partial charge in [0.25, 0.3) is 10.0 Å². The van der Waals surface area contributed by atoms with Gasteiger partial charge in [-0.05, 0) is 36.4 Å². The minimum absolute atomic E-state index is 0.0608. The smallest absolute Gasteiger partial charge is 0.354 e. The maximum atomic E-state index is 12.1. The Balaban J connectivity index is 2.21. The lowest BCUT2D eigenvalue weighted by atomic mass is 10.3. The molecule has 7 nitrogen and oxygen atoms in total. The summed E-state index contributed by atoms with van der Waals surface area (Å²) in [6.07, 6.45) is 1.14. The van der Waals surface area contributed by atoms with Crippen molar-refractivity contribution < 1.29 is 23.1 Å². The molecule has 0 bridgehead atoms. The van der Waals surface area contributed by atoms with Crippen molar-refractivity contribution in [1.29, 1.82) is 0 Å². The van der Waals surface area contributed by atoms with Gasteiger partial charge in [-0.3, -0.25) is 4.72 Å².